The van der Waals surface area contributed by atoms with Crippen molar-refractivity contribution < 1.29 is 13.2 Å². The van der Waals surface area contributed by atoms with E-state index in [-0.39, 0.29) is 17.1 Å². The predicted octanol–water partition coefficient (Wildman–Crippen LogP) is 2.96. The lowest BCUT2D eigenvalue weighted by atomic mass is 9.96. The van der Waals surface area contributed by atoms with Crippen LogP contribution in [0.2, 0.25) is 0 Å². The molecule has 1 fully saturated rings. The van der Waals surface area contributed by atoms with E-state index in [0.717, 1.165) is 42.8 Å². The molecule has 1 amide bonds. The second-order valence-corrected chi connectivity index (χ2v) is 11.9. The third-order valence-electron chi connectivity index (χ3n) is 5.67. The van der Waals surface area contributed by atoms with Crippen LogP contribution in [0.15, 0.2) is 28.3 Å². The van der Waals surface area contributed by atoms with Gasteiger partial charge >= 0.3 is 0 Å². The summed E-state index contributed by atoms with van der Waals surface area (Å²) in [5.41, 5.74) is 1.59. The van der Waals surface area contributed by atoms with Crippen LogP contribution in [0.3, 0.4) is 0 Å². The van der Waals surface area contributed by atoms with E-state index in [2.05, 4.69) is 36.0 Å². The standard InChI is InChI=1S/C21H29N5O3S2/c1-21(2,3)19-22-20(24-23-19)30-14-18(27)26-12-6-7-15-13-16(8-9-17(15)26)31(28,29)25-10-4-5-11-25/h8-9,13H,4-7,10-12,14H2,1-3H3,(H,22,23,24). The molecule has 10 heteroatoms. The van der Waals surface area contributed by atoms with E-state index in [1.165, 1.54) is 11.8 Å². The summed E-state index contributed by atoms with van der Waals surface area (Å²) in [6.07, 6.45) is 3.40. The minimum absolute atomic E-state index is 0.0248. The first kappa shape index (κ1) is 22.3. The quantitative estimate of drug-likeness (QED) is 0.685. The van der Waals surface area contributed by atoms with Crippen LogP contribution in [0.1, 0.15) is 51.4 Å². The lowest BCUT2D eigenvalue weighted by Gasteiger charge is -2.30. The van der Waals surface area contributed by atoms with Crippen LogP contribution >= 0.6 is 11.8 Å². The molecule has 0 saturated carbocycles. The van der Waals surface area contributed by atoms with Crippen LogP contribution in [0.4, 0.5) is 5.69 Å². The molecule has 0 radical (unpaired) electrons. The van der Waals surface area contributed by atoms with Gasteiger partial charge < -0.3 is 4.90 Å². The second kappa shape index (κ2) is 8.55. The number of nitrogens with zero attached hydrogens (tertiary/aromatic N) is 4. The maximum Gasteiger partial charge on any atom is 0.243 e. The number of nitrogens with one attached hydrogen (secondary N) is 1. The van der Waals surface area contributed by atoms with Gasteiger partial charge in [0.05, 0.1) is 10.6 Å². The highest BCUT2D eigenvalue weighted by Gasteiger charge is 2.30. The number of hydrogen-bond donors (Lipinski definition) is 1. The Bertz CT molecular complexity index is 1070. The van der Waals surface area contributed by atoms with Gasteiger partial charge in [-0.1, -0.05) is 32.5 Å². The van der Waals surface area contributed by atoms with Gasteiger partial charge in [0, 0.05) is 30.7 Å². The number of sulfonamides is 1. The number of fused-ring (bicyclic) bond motifs is 1. The minimum atomic E-state index is -3.46. The molecule has 0 aliphatic carbocycles. The summed E-state index contributed by atoms with van der Waals surface area (Å²) in [7, 11) is -3.46. The number of H-pyrrole nitrogens is 1. The molecule has 0 unspecified atom stereocenters. The van der Waals surface area contributed by atoms with Crippen molar-refractivity contribution in [2.75, 3.05) is 30.3 Å². The Morgan fingerprint density at radius 3 is 2.58 bits per heavy atom. The van der Waals surface area contributed by atoms with E-state index < -0.39 is 10.0 Å². The van der Waals surface area contributed by atoms with Gasteiger partial charge in [0.2, 0.25) is 21.1 Å². The Morgan fingerprint density at radius 2 is 1.90 bits per heavy atom. The summed E-state index contributed by atoms with van der Waals surface area (Å²) in [6, 6.07) is 5.17. The maximum atomic E-state index is 12.9. The van der Waals surface area contributed by atoms with Crippen LogP contribution in [0, 0.1) is 0 Å². The second-order valence-electron chi connectivity index (χ2n) is 9.06. The third-order valence-corrected chi connectivity index (χ3v) is 8.40. The van der Waals surface area contributed by atoms with Gasteiger partial charge in [-0.3, -0.25) is 9.89 Å². The van der Waals surface area contributed by atoms with Gasteiger partial charge in [-0.2, -0.15) is 4.31 Å². The summed E-state index contributed by atoms with van der Waals surface area (Å²) in [5.74, 6) is 0.995. The summed E-state index contributed by atoms with van der Waals surface area (Å²) in [5, 5.41) is 7.70. The lowest BCUT2D eigenvalue weighted by Crippen LogP contribution is -2.37. The Kier molecular flexibility index (Phi) is 6.15. The zero-order valence-electron chi connectivity index (χ0n) is 18.2. The van der Waals surface area contributed by atoms with Crippen LogP contribution in [-0.2, 0) is 26.7 Å². The van der Waals surface area contributed by atoms with Gasteiger partial charge in [-0.25, -0.2) is 13.4 Å². The fourth-order valence-corrected chi connectivity index (χ4v) is 6.16. The van der Waals surface area contributed by atoms with Crippen molar-refractivity contribution in [3.05, 3.63) is 29.6 Å². The fourth-order valence-electron chi connectivity index (χ4n) is 3.92. The number of rotatable bonds is 5. The number of aromatic nitrogens is 3. The van der Waals surface area contributed by atoms with Gasteiger partial charge in [-0.05, 0) is 49.4 Å². The average molecular weight is 464 g/mol. The monoisotopic (exact) mass is 463 g/mol. The van der Waals surface area contributed by atoms with Gasteiger partial charge in [0.1, 0.15) is 5.82 Å². The topological polar surface area (TPSA) is 99.3 Å². The molecule has 2 aliphatic heterocycles. The van der Waals surface area contributed by atoms with Crippen LogP contribution < -0.4 is 4.90 Å². The molecule has 0 spiro atoms. The molecule has 2 aromatic rings. The average Bonchev–Trinajstić information content (AvgIpc) is 3.43. The summed E-state index contributed by atoms with van der Waals surface area (Å²) >= 11 is 1.31. The van der Waals surface area contributed by atoms with E-state index >= 15 is 0 Å². The number of anilines is 1. The molecule has 1 saturated heterocycles. The number of amides is 1. The first-order valence-corrected chi connectivity index (χ1v) is 13.1. The Balaban J connectivity index is 1.47. The van der Waals surface area contributed by atoms with Crippen molar-refractivity contribution in [3.63, 3.8) is 0 Å². The number of carbonyl (C=O) groups excluding carboxylic acids is 1. The molecular weight excluding hydrogens is 434 g/mol. The number of hydrogen-bond acceptors (Lipinski definition) is 6. The zero-order valence-corrected chi connectivity index (χ0v) is 19.9. The Hall–Kier alpha value is -1.91. The van der Waals surface area contributed by atoms with Crippen molar-refractivity contribution >= 4 is 33.4 Å². The molecule has 4 rings (SSSR count). The molecule has 1 N–H and O–H groups in total. The Labute approximate surface area is 187 Å². The molecule has 1 aromatic carbocycles. The molecular formula is C21H29N5O3S2. The molecule has 1 aromatic heterocycles. The minimum Gasteiger partial charge on any atom is -0.311 e. The number of thioether (sulfide) groups is 1. The number of aryl methyl sites for hydroxylation is 1. The fraction of sp³-hybridized carbons (Fsp3) is 0.571. The highest BCUT2D eigenvalue weighted by molar-refractivity contribution is 7.99. The largest absolute Gasteiger partial charge is 0.311 e. The molecule has 3 heterocycles. The molecule has 8 nitrogen and oxygen atoms in total. The van der Waals surface area contributed by atoms with Crippen LogP contribution in [0.25, 0.3) is 0 Å². The SMILES string of the molecule is CC(C)(C)c1nc(SCC(=O)N2CCCc3cc(S(=O)(=O)N4CCCC4)ccc32)n[nH]1. The van der Waals surface area contributed by atoms with Gasteiger partial charge in [0.15, 0.2) is 0 Å². The highest BCUT2D eigenvalue weighted by atomic mass is 32.2. The van der Waals surface area contributed by atoms with Crippen molar-refractivity contribution in [1.82, 2.24) is 19.5 Å². The third kappa shape index (κ3) is 4.65. The van der Waals surface area contributed by atoms with Crippen molar-refractivity contribution in [2.45, 2.75) is 61.9 Å². The van der Waals surface area contributed by atoms with E-state index in [0.29, 0.717) is 29.7 Å². The highest BCUT2D eigenvalue weighted by Crippen LogP contribution is 2.32. The van der Waals surface area contributed by atoms with Crippen molar-refractivity contribution in [2.24, 2.45) is 0 Å². The normalized spacial score (nSPS) is 17.7. The summed E-state index contributed by atoms with van der Waals surface area (Å²) in [4.78, 5) is 19.5. The zero-order chi connectivity index (χ0) is 22.2. The first-order valence-electron chi connectivity index (χ1n) is 10.7. The van der Waals surface area contributed by atoms with Gasteiger partial charge in [-0.15, -0.1) is 5.10 Å². The van der Waals surface area contributed by atoms with Crippen molar-refractivity contribution in [3.8, 4) is 0 Å². The van der Waals surface area contributed by atoms with Crippen LogP contribution in [0.5, 0.6) is 0 Å². The number of carbonyl (C=O) groups is 1. The molecule has 0 bridgehead atoms. The molecule has 168 valence electrons. The van der Waals surface area contributed by atoms with E-state index in [1.54, 1.807) is 27.4 Å². The Morgan fingerprint density at radius 1 is 1.16 bits per heavy atom. The smallest absolute Gasteiger partial charge is 0.243 e. The van der Waals surface area contributed by atoms with Gasteiger partial charge in [0.25, 0.3) is 0 Å². The first-order chi connectivity index (χ1) is 14.7. The summed E-state index contributed by atoms with van der Waals surface area (Å²) < 4.78 is 27.3. The van der Waals surface area contributed by atoms with E-state index in [4.69, 9.17) is 0 Å². The summed E-state index contributed by atoms with van der Waals surface area (Å²) in [6.45, 7) is 7.95. The van der Waals surface area contributed by atoms with Crippen molar-refractivity contribution in [1.29, 1.82) is 0 Å². The number of benzene rings is 1. The predicted molar refractivity (Wildman–Crippen MR) is 121 cm³/mol. The molecule has 2 aliphatic rings. The van der Waals surface area contributed by atoms with Crippen LogP contribution in [-0.4, -0.2) is 59.2 Å². The van der Waals surface area contributed by atoms with E-state index in [1.807, 2.05) is 0 Å². The molecule has 0 atom stereocenters. The number of aromatic amines is 1. The molecule has 31 heavy (non-hydrogen) atoms. The lowest BCUT2D eigenvalue weighted by molar-refractivity contribution is -0.116. The maximum absolute atomic E-state index is 12.9. The van der Waals surface area contributed by atoms with E-state index in [9.17, 15) is 13.2 Å².